The highest BCUT2D eigenvalue weighted by Crippen LogP contribution is 2.38. The van der Waals surface area contributed by atoms with E-state index >= 15 is 0 Å². The van der Waals surface area contributed by atoms with Gasteiger partial charge in [-0.15, -0.1) is 0 Å². The molecule has 0 bridgehead atoms. The van der Waals surface area contributed by atoms with E-state index in [1.807, 2.05) is 0 Å². The number of rotatable bonds is 20. The van der Waals surface area contributed by atoms with E-state index in [1.165, 1.54) is 31.2 Å². The number of carbonyl (C=O) groups excluding carboxylic acids is 4. The van der Waals surface area contributed by atoms with Gasteiger partial charge in [-0.1, -0.05) is 24.3 Å². The van der Waals surface area contributed by atoms with E-state index in [4.69, 9.17) is 61.9 Å². The van der Waals surface area contributed by atoms with Crippen LogP contribution >= 0.6 is 0 Å². The Balaban J connectivity index is 0.991. The lowest BCUT2D eigenvalue weighted by molar-refractivity contribution is -0.387. The van der Waals surface area contributed by atoms with Gasteiger partial charge in [-0.25, -0.2) is 9.59 Å². The summed E-state index contributed by atoms with van der Waals surface area (Å²) in [5, 5.41) is 113. The maximum Gasteiger partial charge on any atom is 0.337 e. The number of hydrogen-bond donors (Lipinski definition) is 11. The van der Waals surface area contributed by atoms with Crippen molar-refractivity contribution in [2.45, 2.75) is 138 Å². The highest BCUT2D eigenvalue weighted by molar-refractivity contribution is 5.91. The molecule has 0 unspecified atom stereocenters. The van der Waals surface area contributed by atoms with E-state index < -0.39 is 173 Å². The Morgan fingerprint density at radius 2 is 0.974 bits per heavy atom. The smallest absolute Gasteiger partial charge is 0.337 e. The molecular formula is C48H64O28. The molecule has 76 heavy (non-hydrogen) atoms. The Hall–Kier alpha value is -5.22. The van der Waals surface area contributed by atoms with Crippen LogP contribution in [0.3, 0.4) is 0 Å². The van der Waals surface area contributed by atoms with Gasteiger partial charge in [-0.3, -0.25) is 9.59 Å². The van der Waals surface area contributed by atoms with Gasteiger partial charge in [0.2, 0.25) is 18.9 Å². The van der Waals surface area contributed by atoms with E-state index in [-0.39, 0.29) is 41.1 Å². The van der Waals surface area contributed by atoms with Crippen LogP contribution in [0, 0.1) is 11.8 Å². The molecule has 424 valence electrons. The summed E-state index contributed by atoms with van der Waals surface area (Å²) in [6, 6.07) is 6.07. The van der Waals surface area contributed by atoms with Gasteiger partial charge >= 0.3 is 23.9 Å². The molecule has 5 heterocycles. The summed E-state index contributed by atoms with van der Waals surface area (Å²) in [6.07, 6.45) is -23.7. The van der Waals surface area contributed by atoms with Crippen molar-refractivity contribution in [3.05, 3.63) is 76.8 Å². The van der Waals surface area contributed by atoms with Crippen LogP contribution in [-0.2, 0) is 82.6 Å². The number of carbonyl (C=O) groups is 4. The van der Waals surface area contributed by atoms with Crippen LogP contribution in [0.5, 0.6) is 5.75 Å². The highest BCUT2D eigenvalue weighted by atomic mass is 17.2. The Morgan fingerprint density at radius 3 is 1.41 bits per heavy atom. The van der Waals surface area contributed by atoms with Crippen molar-refractivity contribution in [3.8, 4) is 5.75 Å². The SMILES string of the molecule is C/C=C1\[C@H](O[C@@H]2O[C@H](CO)[C@@H](O)[C@H](O)[C@H]2O)OC=C(C(=O)OC)[C@H]1CC(=O)OCCc1ccc(OO[C@@H]2O[C@H](COC(=O)C[C@@H]3C(C(=O)OC)=CO[C@@H](O[C@@H]4O[C@H](CO)[C@@H](O)[C@H](O)[C@H]4O)/C3=C/C)[C@@H](O)[C@H](O)[C@H]2O)cc1. The quantitative estimate of drug-likeness (QED) is 0.0194. The summed E-state index contributed by atoms with van der Waals surface area (Å²) in [5.41, 5.74) is 0.794. The van der Waals surface area contributed by atoms with E-state index in [9.17, 15) is 75.3 Å². The van der Waals surface area contributed by atoms with Crippen LogP contribution in [0.15, 0.2) is 71.2 Å². The zero-order valence-corrected chi connectivity index (χ0v) is 41.4. The third-order valence-corrected chi connectivity index (χ3v) is 13.1. The maximum absolute atomic E-state index is 13.4. The molecule has 28 heteroatoms. The Bertz CT molecular complexity index is 2250. The molecule has 0 aliphatic carbocycles. The standard InChI is InChI=1S/C48H64O28/c1-5-22-24(26(42(62)64-3)17-68-44(22)73-46-39(59)36(56)33(53)28(15-49)70-46)13-31(51)66-12-11-20-7-9-21(10-8-20)75-76-48-41(61)38(58)35(55)30(72-48)19-67-32(52)14-25-23(6-2)45(69-18-27(25)43(63)65-4)74-47-40(60)37(57)34(54)29(16-50)71-47/h5-10,17-18,24-25,28-30,33-41,44-50,53-61H,11-16,19H2,1-4H3/b22-5-,23-6+/t24-,25-,28+,29+,30+,33+,34+,35+,36-,37-,38-,39+,40+,41+,44-,45-,46-,47-,48-/m0/s1. The van der Waals surface area contributed by atoms with Crippen LogP contribution in [0.1, 0.15) is 32.3 Å². The lowest BCUT2D eigenvalue weighted by Crippen LogP contribution is -2.60. The molecule has 0 spiro atoms. The first-order valence-electron chi connectivity index (χ1n) is 23.9. The fourth-order valence-electron chi connectivity index (χ4n) is 8.71. The molecule has 0 amide bonds. The first kappa shape index (κ1) is 60.0. The van der Waals surface area contributed by atoms with E-state index in [0.29, 0.717) is 5.56 Å². The normalized spacial score (nSPS) is 36.7. The highest BCUT2D eigenvalue weighted by Gasteiger charge is 2.50. The van der Waals surface area contributed by atoms with Gasteiger partial charge in [0, 0.05) is 29.4 Å². The molecule has 0 aromatic heterocycles. The molecule has 0 saturated carbocycles. The number of allylic oxidation sites excluding steroid dienone is 2. The summed E-state index contributed by atoms with van der Waals surface area (Å²) in [5.74, 6) is -5.51. The molecule has 5 aliphatic rings. The summed E-state index contributed by atoms with van der Waals surface area (Å²) >= 11 is 0. The van der Waals surface area contributed by atoms with Crippen LogP contribution in [0.2, 0.25) is 0 Å². The van der Waals surface area contributed by atoms with Crippen LogP contribution < -0.4 is 4.89 Å². The first-order valence-corrected chi connectivity index (χ1v) is 23.9. The second kappa shape index (κ2) is 27.4. The number of benzene rings is 1. The van der Waals surface area contributed by atoms with E-state index in [1.54, 1.807) is 19.1 Å². The second-order valence-electron chi connectivity index (χ2n) is 17.8. The average molecular weight is 1090 g/mol. The summed E-state index contributed by atoms with van der Waals surface area (Å²) in [7, 11) is 2.22. The average Bonchev–Trinajstić information content (AvgIpc) is 3.43. The Kier molecular flexibility index (Phi) is 21.6. The predicted molar refractivity (Wildman–Crippen MR) is 244 cm³/mol. The third-order valence-electron chi connectivity index (χ3n) is 13.1. The van der Waals surface area contributed by atoms with E-state index in [2.05, 4.69) is 0 Å². The Labute approximate surface area is 433 Å². The molecule has 1 aromatic rings. The molecule has 3 saturated heterocycles. The van der Waals surface area contributed by atoms with Crippen molar-refractivity contribution in [1.29, 1.82) is 0 Å². The second-order valence-corrected chi connectivity index (χ2v) is 17.8. The Morgan fingerprint density at radius 1 is 0.553 bits per heavy atom. The monoisotopic (exact) mass is 1090 g/mol. The van der Waals surface area contributed by atoms with Gasteiger partial charge in [0.15, 0.2) is 18.3 Å². The third kappa shape index (κ3) is 13.9. The zero-order valence-electron chi connectivity index (χ0n) is 41.4. The van der Waals surface area contributed by atoms with Gasteiger partial charge in [-0.2, -0.15) is 4.89 Å². The largest absolute Gasteiger partial charge is 0.468 e. The predicted octanol–water partition coefficient (Wildman–Crippen LogP) is -4.20. The summed E-state index contributed by atoms with van der Waals surface area (Å²) < 4.78 is 59.7. The van der Waals surface area contributed by atoms with Gasteiger partial charge in [-0.05, 0) is 31.5 Å². The number of esters is 4. The molecule has 3 fully saturated rings. The molecule has 28 nitrogen and oxygen atoms in total. The molecular weight excluding hydrogens is 1020 g/mol. The van der Waals surface area contributed by atoms with Crippen molar-refractivity contribution >= 4 is 23.9 Å². The molecule has 11 N–H and O–H groups in total. The van der Waals surface area contributed by atoms with Crippen LogP contribution in [-0.4, -0.2) is 225 Å². The van der Waals surface area contributed by atoms with Crippen LogP contribution in [0.25, 0.3) is 0 Å². The van der Waals surface area contributed by atoms with Crippen molar-refractivity contribution in [1.82, 2.24) is 0 Å². The topological polar surface area (TPSA) is 411 Å². The number of methoxy groups -OCH3 is 2. The van der Waals surface area contributed by atoms with Crippen LogP contribution in [0.4, 0.5) is 0 Å². The molecule has 5 aliphatic heterocycles. The number of ether oxygens (including phenoxy) is 11. The van der Waals surface area contributed by atoms with Gasteiger partial charge < -0.3 is 113 Å². The van der Waals surface area contributed by atoms with Gasteiger partial charge in [0.05, 0.1) is 70.6 Å². The van der Waals surface area contributed by atoms with Crippen molar-refractivity contribution in [2.75, 3.05) is 40.6 Å². The van der Waals surface area contributed by atoms with E-state index in [0.717, 1.165) is 26.7 Å². The molecule has 6 rings (SSSR count). The molecule has 1 aromatic carbocycles. The fraction of sp³-hybridized carbons (Fsp3) is 0.625. The van der Waals surface area contributed by atoms with Gasteiger partial charge in [0.25, 0.3) is 0 Å². The minimum atomic E-state index is -1.89. The summed E-state index contributed by atoms with van der Waals surface area (Å²) in [4.78, 5) is 62.6. The minimum absolute atomic E-state index is 0.0583. The zero-order chi connectivity index (χ0) is 55.5. The maximum atomic E-state index is 13.4. The first-order chi connectivity index (χ1) is 36.3. The fourth-order valence-corrected chi connectivity index (χ4v) is 8.71. The van der Waals surface area contributed by atoms with Crippen molar-refractivity contribution < 1.29 is 137 Å². The lowest BCUT2D eigenvalue weighted by atomic mass is 9.86. The van der Waals surface area contributed by atoms with Crippen molar-refractivity contribution in [3.63, 3.8) is 0 Å². The summed E-state index contributed by atoms with van der Waals surface area (Å²) in [6.45, 7) is 0.798. The number of aliphatic hydroxyl groups is 11. The number of aliphatic hydroxyl groups excluding tert-OH is 11. The molecule has 0 radical (unpaired) electrons. The van der Waals surface area contributed by atoms with Crippen molar-refractivity contribution in [2.24, 2.45) is 11.8 Å². The molecule has 19 atom stereocenters. The minimum Gasteiger partial charge on any atom is -0.468 e. The lowest BCUT2D eigenvalue weighted by Gasteiger charge is -2.42. The van der Waals surface area contributed by atoms with Gasteiger partial charge in [0.1, 0.15) is 79.9 Å². The number of hydrogen-bond acceptors (Lipinski definition) is 28.